The second-order valence-electron chi connectivity index (χ2n) is 6.01. The molecule has 94 valence electrons. The number of hydrogen-bond acceptors (Lipinski definition) is 2. The Bertz CT molecular complexity index is 350. The molecule has 0 aromatic heterocycles. The Morgan fingerprint density at radius 2 is 2.18 bits per heavy atom. The number of allylic oxidation sites excluding steroid dienone is 2. The summed E-state index contributed by atoms with van der Waals surface area (Å²) in [6, 6.07) is 0.283. The van der Waals surface area contributed by atoms with Gasteiger partial charge in [-0.2, -0.15) is 0 Å². The average molecular weight is 235 g/mol. The highest BCUT2D eigenvalue weighted by atomic mass is 16.5. The predicted molar refractivity (Wildman–Crippen MR) is 65.1 cm³/mol. The molecule has 1 saturated carbocycles. The molecular formula is C14H21NO2. The molecule has 1 saturated heterocycles. The lowest BCUT2D eigenvalue weighted by atomic mass is 9.91. The highest BCUT2D eigenvalue weighted by Gasteiger charge is 2.44. The van der Waals surface area contributed by atoms with Crippen molar-refractivity contribution < 1.29 is 9.53 Å². The molecule has 3 rings (SSSR count). The lowest BCUT2D eigenvalue weighted by Crippen LogP contribution is -2.43. The number of rotatable bonds is 2. The summed E-state index contributed by atoms with van der Waals surface area (Å²) in [6.45, 7) is 5.54. The Balaban J connectivity index is 1.72. The van der Waals surface area contributed by atoms with Crippen molar-refractivity contribution in [2.24, 2.45) is 23.7 Å². The Hall–Kier alpha value is -0.830. The smallest absolute Gasteiger partial charge is 0.228 e. The van der Waals surface area contributed by atoms with Crippen LogP contribution < -0.4 is 0 Å². The second-order valence-corrected chi connectivity index (χ2v) is 6.01. The van der Waals surface area contributed by atoms with Crippen molar-refractivity contribution in [3.8, 4) is 0 Å². The van der Waals surface area contributed by atoms with E-state index in [1.165, 1.54) is 6.42 Å². The van der Waals surface area contributed by atoms with Gasteiger partial charge in [0, 0.05) is 5.92 Å². The van der Waals surface area contributed by atoms with Gasteiger partial charge in [-0.15, -0.1) is 0 Å². The number of carbonyl (C=O) groups is 1. The zero-order valence-corrected chi connectivity index (χ0v) is 10.6. The third-order valence-corrected chi connectivity index (χ3v) is 4.57. The van der Waals surface area contributed by atoms with Crippen LogP contribution in [0.3, 0.4) is 0 Å². The van der Waals surface area contributed by atoms with E-state index in [2.05, 4.69) is 26.0 Å². The van der Waals surface area contributed by atoms with Crippen molar-refractivity contribution in [2.75, 3.05) is 13.3 Å². The number of carbonyl (C=O) groups excluding carboxylic acids is 1. The highest BCUT2D eigenvalue weighted by molar-refractivity contribution is 5.80. The van der Waals surface area contributed by atoms with E-state index in [-0.39, 0.29) is 12.0 Å². The largest absolute Gasteiger partial charge is 0.359 e. The minimum atomic E-state index is 0.230. The first-order chi connectivity index (χ1) is 8.16. The molecule has 3 aliphatic rings. The monoisotopic (exact) mass is 235 g/mol. The van der Waals surface area contributed by atoms with E-state index in [0.717, 1.165) is 6.42 Å². The van der Waals surface area contributed by atoms with Crippen molar-refractivity contribution in [3.05, 3.63) is 12.2 Å². The highest BCUT2D eigenvalue weighted by Crippen LogP contribution is 2.44. The maximum Gasteiger partial charge on any atom is 0.228 e. The van der Waals surface area contributed by atoms with Gasteiger partial charge in [0.05, 0.1) is 12.6 Å². The molecule has 0 N–H and O–H groups in total. The van der Waals surface area contributed by atoms with Gasteiger partial charge in [0.15, 0.2) is 0 Å². The van der Waals surface area contributed by atoms with Crippen LogP contribution in [0.1, 0.15) is 26.7 Å². The summed E-state index contributed by atoms with van der Waals surface area (Å²) >= 11 is 0. The first kappa shape index (κ1) is 11.3. The molecule has 1 heterocycles. The summed E-state index contributed by atoms with van der Waals surface area (Å²) in [6.07, 6.45) is 6.78. The normalized spacial score (nSPS) is 39.6. The van der Waals surface area contributed by atoms with Gasteiger partial charge >= 0.3 is 0 Å². The van der Waals surface area contributed by atoms with Crippen LogP contribution in [0.25, 0.3) is 0 Å². The fraction of sp³-hybridized carbons (Fsp3) is 0.786. The van der Waals surface area contributed by atoms with E-state index in [1.807, 2.05) is 4.90 Å². The predicted octanol–water partition coefficient (Wildman–Crippen LogP) is 2.04. The molecule has 2 bridgehead atoms. The van der Waals surface area contributed by atoms with Gasteiger partial charge in [-0.25, -0.2) is 0 Å². The first-order valence-corrected chi connectivity index (χ1v) is 6.73. The van der Waals surface area contributed by atoms with E-state index in [4.69, 9.17) is 4.74 Å². The molecular weight excluding hydrogens is 214 g/mol. The molecule has 0 unspecified atom stereocenters. The zero-order chi connectivity index (χ0) is 12.0. The van der Waals surface area contributed by atoms with Crippen LogP contribution in [0.4, 0.5) is 0 Å². The van der Waals surface area contributed by atoms with Crippen molar-refractivity contribution in [3.63, 3.8) is 0 Å². The molecule has 17 heavy (non-hydrogen) atoms. The van der Waals surface area contributed by atoms with Gasteiger partial charge in [0.25, 0.3) is 0 Å². The molecule has 3 nitrogen and oxygen atoms in total. The molecule has 2 fully saturated rings. The van der Waals surface area contributed by atoms with E-state index >= 15 is 0 Å². The summed E-state index contributed by atoms with van der Waals surface area (Å²) in [5, 5.41) is 0. The van der Waals surface area contributed by atoms with Crippen molar-refractivity contribution in [1.29, 1.82) is 0 Å². The van der Waals surface area contributed by atoms with Crippen LogP contribution in [0.2, 0.25) is 0 Å². The van der Waals surface area contributed by atoms with Gasteiger partial charge in [-0.05, 0) is 30.6 Å². The van der Waals surface area contributed by atoms with Crippen molar-refractivity contribution in [2.45, 2.75) is 32.7 Å². The molecule has 0 spiro atoms. The second kappa shape index (κ2) is 4.13. The van der Waals surface area contributed by atoms with Crippen LogP contribution in [-0.4, -0.2) is 30.2 Å². The SMILES string of the molecule is CC(C)[C@H]1COCN1C(=O)[C@@H]1C[C@H]2C=C[C@H]1C2. The minimum Gasteiger partial charge on any atom is -0.359 e. The van der Waals surface area contributed by atoms with Crippen LogP contribution in [0, 0.1) is 23.7 Å². The van der Waals surface area contributed by atoms with Crippen LogP contribution >= 0.6 is 0 Å². The Morgan fingerprint density at radius 3 is 2.76 bits per heavy atom. The van der Waals surface area contributed by atoms with Gasteiger partial charge < -0.3 is 9.64 Å². The van der Waals surface area contributed by atoms with Crippen LogP contribution in [-0.2, 0) is 9.53 Å². The number of fused-ring (bicyclic) bond motifs is 2. The molecule has 2 aliphatic carbocycles. The summed E-state index contributed by atoms with van der Waals surface area (Å²) in [4.78, 5) is 14.5. The summed E-state index contributed by atoms with van der Waals surface area (Å²) < 4.78 is 5.48. The van der Waals surface area contributed by atoms with Gasteiger partial charge in [0.2, 0.25) is 5.91 Å². The molecule has 0 aromatic rings. The fourth-order valence-corrected chi connectivity index (χ4v) is 3.51. The summed E-state index contributed by atoms with van der Waals surface area (Å²) in [5.41, 5.74) is 0. The molecule has 1 amide bonds. The number of ether oxygens (including phenoxy) is 1. The van der Waals surface area contributed by atoms with Crippen LogP contribution in [0.5, 0.6) is 0 Å². The third kappa shape index (κ3) is 1.81. The molecule has 0 aromatic carbocycles. The molecule has 0 radical (unpaired) electrons. The summed E-state index contributed by atoms with van der Waals surface area (Å²) in [7, 11) is 0. The van der Waals surface area contributed by atoms with Gasteiger partial charge in [-0.3, -0.25) is 4.79 Å². The maximum atomic E-state index is 12.6. The number of amides is 1. The van der Waals surface area contributed by atoms with E-state index in [0.29, 0.717) is 37.0 Å². The number of nitrogens with zero attached hydrogens (tertiary/aromatic N) is 1. The van der Waals surface area contributed by atoms with E-state index < -0.39 is 0 Å². The van der Waals surface area contributed by atoms with Crippen molar-refractivity contribution in [1.82, 2.24) is 4.90 Å². The Morgan fingerprint density at radius 1 is 1.35 bits per heavy atom. The van der Waals surface area contributed by atoms with Crippen molar-refractivity contribution >= 4 is 5.91 Å². The molecule has 3 heteroatoms. The van der Waals surface area contributed by atoms with E-state index in [9.17, 15) is 4.79 Å². The standard InChI is InChI=1S/C14H21NO2/c1-9(2)13-7-17-8-15(13)14(16)12-6-10-3-4-11(12)5-10/h3-4,9-13H,5-8H2,1-2H3/t10-,11-,12+,13+/m0/s1. The zero-order valence-electron chi connectivity index (χ0n) is 10.6. The first-order valence-electron chi connectivity index (χ1n) is 6.73. The Kier molecular flexibility index (Phi) is 2.74. The summed E-state index contributed by atoms with van der Waals surface area (Å²) in [5.74, 6) is 2.21. The fourth-order valence-electron chi connectivity index (χ4n) is 3.51. The topological polar surface area (TPSA) is 29.5 Å². The maximum absolute atomic E-state index is 12.6. The molecule has 4 atom stereocenters. The number of hydrogen-bond donors (Lipinski definition) is 0. The van der Waals surface area contributed by atoms with Gasteiger partial charge in [-0.1, -0.05) is 26.0 Å². The minimum absolute atomic E-state index is 0.230. The lowest BCUT2D eigenvalue weighted by Gasteiger charge is -2.30. The Labute approximate surface area is 103 Å². The average Bonchev–Trinajstić information content (AvgIpc) is 3.02. The lowest BCUT2D eigenvalue weighted by molar-refractivity contribution is -0.139. The molecule has 1 aliphatic heterocycles. The third-order valence-electron chi connectivity index (χ3n) is 4.57. The van der Waals surface area contributed by atoms with E-state index in [1.54, 1.807) is 0 Å². The quantitative estimate of drug-likeness (QED) is 0.685. The van der Waals surface area contributed by atoms with Crippen LogP contribution in [0.15, 0.2) is 12.2 Å². The van der Waals surface area contributed by atoms with Gasteiger partial charge in [0.1, 0.15) is 6.73 Å².